The third-order valence-electron chi connectivity index (χ3n) is 2.89. The zero-order valence-electron chi connectivity index (χ0n) is 10.8. The molecule has 0 unspecified atom stereocenters. The van der Waals surface area contributed by atoms with Crippen LogP contribution in [0.1, 0.15) is 21.5 Å². The largest absolute Gasteiger partial charge is 0.397 e. The molecular formula is C15H15FN2O. The van der Waals surface area contributed by atoms with Crippen molar-refractivity contribution in [3.05, 3.63) is 58.9 Å². The lowest BCUT2D eigenvalue weighted by Gasteiger charge is -2.10. The van der Waals surface area contributed by atoms with Crippen molar-refractivity contribution in [2.24, 2.45) is 0 Å². The van der Waals surface area contributed by atoms with Crippen LogP contribution in [0, 0.1) is 19.7 Å². The zero-order chi connectivity index (χ0) is 14.0. The Morgan fingerprint density at radius 3 is 2.58 bits per heavy atom. The third-order valence-corrected chi connectivity index (χ3v) is 2.89. The van der Waals surface area contributed by atoms with Crippen molar-refractivity contribution < 1.29 is 9.18 Å². The number of carbonyl (C=O) groups is 1. The van der Waals surface area contributed by atoms with Crippen LogP contribution in [0.3, 0.4) is 0 Å². The van der Waals surface area contributed by atoms with Gasteiger partial charge in [0.1, 0.15) is 5.82 Å². The van der Waals surface area contributed by atoms with Crippen LogP contribution in [0.2, 0.25) is 0 Å². The summed E-state index contributed by atoms with van der Waals surface area (Å²) in [5.41, 5.74) is 8.89. The van der Waals surface area contributed by atoms with Gasteiger partial charge in [-0.15, -0.1) is 0 Å². The van der Waals surface area contributed by atoms with Crippen molar-refractivity contribution in [1.82, 2.24) is 0 Å². The molecule has 2 aromatic rings. The van der Waals surface area contributed by atoms with Crippen LogP contribution in [0.25, 0.3) is 0 Å². The number of hydrogen-bond acceptors (Lipinski definition) is 2. The van der Waals surface area contributed by atoms with Gasteiger partial charge in [-0.05, 0) is 55.3 Å². The predicted molar refractivity (Wildman–Crippen MR) is 74.7 cm³/mol. The molecule has 2 aromatic carbocycles. The monoisotopic (exact) mass is 258 g/mol. The normalized spacial score (nSPS) is 10.3. The maximum Gasteiger partial charge on any atom is 0.255 e. The van der Waals surface area contributed by atoms with E-state index in [4.69, 9.17) is 5.73 Å². The molecular weight excluding hydrogens is 243 g/mol. The van der Waals surface area contributed by atoms with Crippen LogP contribution in [-0.2, 0) is 0 Å². The summed E-state index contributed by atoms with van der Waals surface area (Å²) in [6, 6.07) is 9.46. The fourth-order valence-corrected chi connectivity index (χ4v) is 1.85. The lowest BCUT2D eigenvalue weighted by molar-refractivity contribution is 0.102. The van der Waals surface area contributed by atoms with E-state index in [1.165, 1.54) is 18.2 Å². The molecule has 98 valence electrons. The van der Waals surface area contributed by atoms with Crippen LogP contribution in [0.5, 0.6) is 0 Å². The van der Waals surface area contributed by atoms with Crippen molar-refractivity contribution >= 4 is 17.3 Å². The highest BCUT2D eigenvalue weighted by atomic mass is 19.1. The molecule has 0 radical (unpaired) electrons. The second-order valence-corrected chi connectivity index (χ2v) is 4.50. The Morgan fingerprint density at radius 2 is 1.89 bits per heavy atom. The Bertz CT molecular complexity index is 638. The quantitative estimate of drug-likeness (QED) is 0.812. The van der Waals surface area contributed by atoms with Gasteiger partial charge in [0.2, 0.25) is 0 Å². The number of hydrogen-bond donors (Lipinski definition) is 2. The Labute approximate surface area is 111 Å². The summed E-state index contributed by atoms with van der Waals surface area (Å²) < 4.78 is 13.0. The van der Waals surface area contributed by atoms with Gasteiger partial charge < -0.3 is 11.1 Å². The Hall–Kier alpha value is -2.36. The smallest absolute Gasteiger partial charge is 0.255 e. The fraction of sp³-hybridized carbons (Fsp3) is 0.133. The molecule has 2 rings (SSSR count). The molecule has 1 amide bonds. The van der Waals surface area contributed by atoms with Gasteiger partial charge in [0.05, 0.1) is 11.4 Å². The van der Waals surface area contributed by atoms with Crippen LogP contribution < -0.4 is 11.1 Å². The number of aryl methyl sites for hydroxylation is 2. The van der Waals surface area contributed by atoms with E-state index < -0.39 is 0 Å². The predicted octanol–water partition coefficient (Wildman–Crippen LogP) is 3.28. The summed E-state index contributed by atoms with van der Waals surface area (Å²) in [5.74, 6) is -0.654. The number of benzene rings is 2. The first kappa shape index (κ1) is 13.1. The molecule has 0 aliphatic heterocycles. The molecule has 0 saturated heterocycles. The summed E-state index contributed by atoms with van der Waals surface area (Å²) in [6.07, 6.45) is 0. The number of nitrogen functional groups attached to an aromatic ring is 1. The highest BCUT2D eigenvalue weighted by Crippen LogP contribution is 2.21. The summed E-state index contributed by atoms with van der Waals surface area (Å²) >= 11 is 0. The lowest BCUT2D eigenvalue weighted by Crippen LogP contribution is -2.14. The molecule has 3 N–H and O–H groups in total. The molecule has 3 nitrogen and oxygen atoms in total. The average Bonchev–Trinajstić information content (AvgIpc) is 2.33. The molecule has 0 spiro atoms. The van der Waals surface area contributed by atoms with Gasteiger partial charge in [-0.3, -0.25) is 4.79 Å². The second-order valence-electron chi connectivity index (χ2n) is 4.50. The van der Waals surface area contributed by atoms with Crippen LogP contribution >= 0.6 is 0 Å². The van der Waals surface area contributed by atoms with E-state index in [0.717, 1.165) is 5.56 Å². The molecule has 0 heterocycles. The highest BCUT2D eigenvalue weighted by Gasteiger charge is 2.11. The minimum atomic E-state index is -0.357. The summed E-state index contributed by atoms with van der Waals surface area (Å²) in [7, 11) is 0. The minimum absolute atomic E-state index is 0.296. The lowest BCUT2D eigenvalue weighted by atomic mass is 10.1. The van der Waals surface area contributed by atoms with Crippen LogP contribution in [0.15, 0.2) is 36.4 Å². The van der Waals surface area contributed by atoms with E-state index in [0.29, 0.717) is 22.5 Å². The van der Waals surface area contributed by atoms with Crippen LogP contribution in [0.4, 0.5) is 15.8 Å². The van der Waals surface area contributed by atoms with Crippen molar-refractivity contribution in [2.45, 2.75) is 13.8 Å². The van der Waals surface area contributed by atoms with Crippen molar-refractivity contribution in [3.63, 3.8) is 0 Å². The van der Waals surface area contributed by atoms with Crippen molar-refractivity contribution in [3.8, 4) is 0 Å². The number of amides is 1. The molecule has 4 heteroatoms. The van der Waals surface area contributed by atoms with E-state index in [-0.39, 0.29) is 11.7 Å². The fourth-order valence-electron chi connectivity index (χ4n) is 1.85. The molecule has 0 saturated carbocycles. The SMILES string of the molecule is Cc1ccc(N)c(NC(=O)c2ccc(F)cc2C)c1. The van der Waals surface area contributed by atoms with Crippen molar-refractivity contribution in [1.29, 1.82) is 0 Å². The first-order chi connectivity index (χ1) is 8.97. The molecule has 0 aliphatic rings. The average molecular weight is 258 g/mol. The standard InChI is InChI=1S/C15H15FN2O/c1-9-3-6-13(17)14(7-9)18-15(19)12-5-4-11(16)8-10(12)2/h3-8H,17H2,1-2H3,(H,18,19). The number of anilines is 2. The number of halogens is 1. The number of rotatable bonds is 2. The summed E-state index contributed by atoms with van der Waals surface area (Å²) in [4.78, 5) is 12.1. The Kier molecular flexibility index (Phi) is 3.51. The van der Waals surface area contributed by atoms with Gasteiger partial charge in [0.25, 0.3) is 5.91 Å². The number of nitrogens with one attached hydrogen (secondary N) is 1. The van der Waals surface area contributed by atoms with E-state index in [9.17, 15) is 9.18 Å². The van der Waals surface area contributed by atoms with Crippen LogP contribution in [-0.4, -0.2) is 5.91 Å². The van der Waals surface area contributed by atoms with E-state index in [1.807, 2.05) is 13.0 Å². The van der Waals surface area contributed by atoms with Crippen molar-refractivity contribution in [2.75, 3.05) is 11.1 Å². The summed E-state index contributed by atoms with van der Waals surface area (Å²) in [5, 5.41) is 2.74. The topological polar surface area (TPSA) is 55.1 Å². The van der Waals surface area contributed by atoms with E-state index in [1.54, 1.807) is 19.1 Å². The Morgan fingerprint density at radius 1 is 1.16 bits per heavy atom. The highest BCUT2D eigenvalue weighted by molar-refractivity contribution is 6.06. The summed E-state index contributed by atoms with van der Waals surface area (Å²) in [6.45, 7) is 3.61. The first-order valence-corrected chi connectivity index (χ1v) is 5.91. The first-order valence-electron chi connectivity index (χ1n) is 5.91. The van der Waals surface area contributed by atoms with Gasteiger partial charge >= 0.3 is 0 Å². The Balaban J connectivity index is 2.28. The van der Waals surface area contributed by atoms with E-state index in [2.05, 4.69) is 5.32 Å². The number of carbonyl (C=O) groups excluding carboxylic acids is 1. The number of nitrogens with two attached hydrogens (primary N) is 1. The molecule has 19 heavy (non-hydrogen) atoms. The van der Waals surface area contributed by atoms with Gasteiger partial charge in [-0.25, -0.2) is 4.39 Å². The molecule has 0 fully saturated rings. The zero-order valence-corrected chi connectivity index (χ0v) is 10.8. The van der Waals surface area contributed by atoms with Gasteiger partial charge in [0.15, 0.2) is 0 Å². The van der Waals surface area contributed by atoms with Gasteiger partial charge in [0, 0.05) is 5.56 Å². The molecule has 0 atom stereocenters. The van der Waals surface area contributed by atoms with E-state index >= 15 is 0 Å². The molecule has 0 bridgehead atoms. The minimum Gasteiger partial charge on any atom is -0.397 e. The maximum absolute atomic E-state index is 13.0. The maximum atomic E-state index is 13.0. The van der Waals surface area contributed by atoms with Gasteiger partial charge in [-0.1, -0.05) is 6.07 Å². The third kappa shape index (κ3) is 2.91. The molecule has 0 aromatic heterocycles. The van der Waals surface area contributed by atoms with Gasteiger partial charge in [-0.2, -0.15) is 0 Å². The second kappa shape index (κ2) is 5.10. The molecule has 0 aliphatic carbocycles.